The third kappa shape index (κ3) is 7.85. The van der Waals surface area contributed by atoms with Crippen LogP contribution in [0.3, 0.4) is 0 Å². The molecule has 0 saturated carbocycles. The summed E-state index contributed by atoms with van der Waals surface area (Å²) in [5, 5.41) is 3.60. The van der Waals surface area contributed by atoms with Crippen molar-refractivity contribution in [1.82, 2.24) is 4.90 Å². The number of hydrogen-bond donors (Lipinski definition) is 1. The van der Waals surface area contributed by atoms with Gasteiger partial charge < -0.3 is 19.9 Å². The number of furan rings is 1. The Balaban J connectivity index is 1.84. The number of carbonyl (C=O) groups is 1. The standard InChI is InChI=1S/C18H20F3N3O3/c19-18(20,21)13-24(11-15-7-4-10-26-15)17(25)12-27-23-16(22)9-8-14-5-2-1-3-6-14/h1-7,10H,8-9,11-13H2,(H2,22,23). The summed E-state index contributed by atoms with van der Waals surface area (Å²) in [7, 11) is 0. The topological polar surface area (TPSA) is 81.1 Å². The Bertz CT molecular complexity index is 731. The minimum Gasteiger partial charge on any atom is -0.467 e. The summed E-state index contributed by atoms with van der Waals surface area (Å²) in [6, 6.07) is 12.6. The third-order valence-electron chi connectivity index (χ3n) is 3.53. The van der Waals surface area contributed by atoms with Crippen molar-refractivity contribution in [2.75, 3.05) is 13.2 Å². The molecular formula is C18H20F3N3O3. The lowest BCUT2D eigenvalue weighted by Crippen LogP contribution is -2.40. The second-order valence-corrected chi connectivity index (χ2v) is 5.79. The van der Waals surface area contributed by atoms with E-state index in [0.717, 1.165) is 5.56 Å². The molecule has 0 fully saturated rings. The van der Waals surface area contributed by atoms with Gasteiger partial charge in [0.2, 0.25) is 0 Å². The first-order chi connectivity index (χ1) is 12.8. The van der Waals surface area contributed by atoms with Crippen molar-refractivity contribution in [3.05, 3.63) is 60.1 Å². The van der Waals surface area contributed by atoms with E-state index in [1.165, 1.54) is 18.4 Å². The highest BCUT2D eigenvalue weighted by Crippen LogP contribution is 2.18. The van der Waals surface area contributed by atoms with Gasteiger partial charge in [-0.15, -0.1) is 0 Å². The molecule has 0 saturated heterocycles. The number of alkyl halides is 3. The Hall–Kier alpha value is -2.97. The molecule has 0 spiro atoms. The predicted octanol–water partition coefficient (Wildman–Crippen LogP) is 3.09. The first-order valence-corrected chi connectivity index (χ1v) is 8.18. The molecule has 6 nitrogen and oxygen atoms in total. The highest BCUT2D eigenvalue weighted by atomic mass is 19.4. The van der Waals surface area contributed by atoms with E-state index < -0.39 is 25.2 Å². The number of carbonyl (C=O) groups excluding carboxylic acids is 1. The number of amides is 1. The lowest BCUT2D eigenvalue weighted by Gasteiger charge is -2.22. The van der Waals surface area contributed by atoms with Gasteiger partial charge in [0.1, 0.15) is 18.1 Å². The van der Waals surface area contributed by atoms with Gasteiger partial charge in [0.05, 0.1) is 12.8 Å². The highest BCUT2D eigenvalue weighted by molar-refractivity contribution is 5.80. The summed E-state index contributed by atoms with van der Waals surface area (Å²) in [4.78, 5) is 17.5. The molecule has 146 valence electrons. The molecular weight excluding hydrogens is 363 g/mol. The summed E-state index contributed by atoms with van der Waals surface area (Å²) in [6.07, 6.45) is -2.19. The van der Waals surface area contributed by atoms with E-state index in [1.54, 1.807) is 0 Å². The lowest BCUT2D eigenvalue weighted by atomic mass is 10.1. The van der Waals surface area contributed by atoms with Crippen molar-refractivity contribution in [2.45, 2.75) is 25.6 Å². The quantitative estimate of drug-likeness (QED) is 0.410. The van der Waals surface area contributed by atoms with Gasteiger partial charge >= 0.3 is 6.18 Å². The van der Waals surface area contributed by atoms with E-state index in [4.69, 9.17) is 15.0 Å². The summed E-state index contributed by atoms with van der Waals surface area (Å²) in [5.41, 5.74) is 6.76. The molecule has 0 radical (unpaired) electrons. The van der Waals surface area contributed by atoms with Crippen LogP contribution in [0, 0.1) is 0 Å². The Morgan fingerprint density at radius 1 is 1.19 bits per heavy atom. The molecule has 0 aliphatic carbocycles. The van der Waals surface area contributed by atoms with Gasteiger partial charge in [-0.1, -0.05) is 35.5 Å². The molecule has 2 N–H and O–H groups in total. The number of amidine groups is 1. The number of hydrogen-bond acceptors (Lipinski definition) is 4. The summed E-state index contributed by atoms with van der Waals surface area (Å²) in [6.45, 7) is -2.38. The number of aryl methyl sites for hydroxylation is 1. The summed E-state index contributed by atoms with van der Waals surface area (Å²) in [5.74, 6) is -0.484. The van der Waals surface area contributed by atoms with E-state index in [1.807, 2.05) is 30.3 Å². The number of benzene rings is 1. The fourth-order valence-electron chi connectivity index (χ4n) is 2.26. The maximum atomic E-state index is 12.7. The zero-order chi connectivity index (χ0) is 19.7. The monoisotopic (exact) mass is 383 g/mol. The van der Waals surface area contributed by atoms with Crippen LogP contribution in [0.15, 0.2) is 58.3 Å². The minimum atomic E-state index is -4.54. The zero-order valence-electron chi connectivity index (χ0n) is 14.5. The van der Waals surface area contributed by atoms with Crippen molar-refractivity contribution in [2.24, 2.45) is 10.9 Å². The molecule has 27 heavy (non-hydrogen) atoms. The fraction of sp³-hybridized carbons (Fsp3) is 0.333. The second-order valence-electron chi connectivity index (χ2n) is 5.79. The molecule has 0 aliphatic rings. The van der Waals surface area contributed by atoms with Crippen LogP contribution in [0.25, 0.3) is 0 Å². The molecule has 1 aromatic heterocycles. The van der Waals surface area contributed by atoms with Crippen molar-refractivity contribution in [3.63, 3.8) is 0 Å². The normalized spacial score (nSPS) is 12.0. The molecule has 2 rings (SSSR count). The second kappa shape index (κ2) is 9.65. The molecule has 1 amide bonds. The number of rotatable bonds is 9. The molecule has 9 heteroatoms. The van der Waals surface area contributed by atoms with Gasteiger partial charge in [-0.2, -0.15) is 13.2 Å². The SMILES string of the molecule is N/C(CCc1ccccc1)=N\OCC(=O)N(Cc1ccco1)CC(F)(F)F. The molecule has 1 aromatic carbocycles. The highest BCUT2D eigenvalue weighted by Gasteiger charge is 2.33. The third-order valence-corrected chi connectivity index (χ3v) is 3.53. The Morgan fingerprint density at radius 2 is 1.93 bits per heavy atom. The van der Waals surface area contributed by atoms with Crippen LogP contribution in [0.4, 0.5) is 13.2 Å². The first-order valence-electron chi connectivity index (χ1n) is 8.18. The van der Waals surface area contributed by atoms with Crippen LogP contribution in [0.1, 0.15) is 17.7 Å². The van der Waals surface area contributed by atoms with E-state index in [2.05, 4.69) is 5.16 Å². The largest absolute Gasteiger partial charge is 0.467 e. The first kappa shape index (κ1) is 20.3. The summed E-state index contributed by atoms with van der Waals surface area (Å²) >= 11 is 0. The van der Waals surface area contributed by atoms with Crippen LogP contribution in [0.5, 0.6) is 0 Å². The lowest BCUT2D eigenvalue weighted by molar-refractivity contribution is -0.165. The smallest absolute Gasteiger partial charge is 0.406 e. The van der Waals surface area contributed by atoms with Crippen molar-refractivity contribution in [1.29, 1.82) is 0 Å². The van der Waals surface area contributed by atoms with Gasteiger partial charge in [-0.25, -0.2) is 0 Å². The zero-order valence-corrected chi connectivity index (χ0v) is 14.5. The van der Waals surface area contributed by atoms with Crippen LogP contribution in [0.2, 0.25) is 0 Å². The van der Waals surface area contributed by atoms with E-state index in [9.17, 15) is 18.0 Å². The van der Waals surface area contributed by atoms with Gasteiger partial charge in [0, 0.05) is 6.42 Å². The van der Waals surface area contributed by atoms with E-state index in [0.29, 0.717) is 17.7 Å². The fourth-order valence-corrected chi connectivity index (χ4v) is 2.26. The Morgan fingerprint density at radius 3 is 2.56 bits per heavy atom. The van der Waals surface area contributed by atoms with E-state index in [-0.39, 0.29) is 18.1 Å². The van der Waals surface area contributed by atoms with Crippen LogP contribution in [-0.4, -0.2) is 36.0 Å². The number of nitrogens with zero attached hydrogens (tertiary/aromatic N) is 2. The molecule has 0 atom stereocenters. The Kier molecular flexibility index (Phi) is 7.27. The van der Waals surface area contributed by atoms with Gasteiger partial charge in [-0.3, -0.25) is 4.79 Å². The Labute approximate surface area is 154 Å². The molecule has 0 bridgehead atoms. The molecule has 0 aliphatic heterocycles. The number of nitrogens with two attached hydrogens (primary N) is 1. The van der Waals surface area contributed by atoms with Crippen LogP contribution in [-0.2, 0) is 22.6 Å². The molecule has 1 heterocycles. The summed E-state index contributed by atoms with van der Waals surface area (Å²) < 4.78 is 43.1. The minimum absolute atomic E-state index is 0.153. The maximum Gasteiger partial charge on any atom is 0.406 e. The van der Waals surface area contributed by atoms with E-state index >= 15 is 0 Å². The predicted molar refractivity (Wildman–Crippen MR) is 92.5 cm³/mol. The van der Waals surface area contributed by atoms with Crippen LogP contribution < -0.4 is 5.73 Å². The van der Waals surface area contributed by atoms with Gasteiger partial charge in [0.15, 0.2) is 6.61 Å². The number of oxime groups is 1. The molecule has 0 unspecified atom stereocenters. The van der Waals surface area contributed by atoms with Gasteiger partial charge in [-0.05, 0) is 24.1 Å². The van der Waals surface area contributed by atoms with Crippen molar-refractivity contribution >= 4 is 11.7 Å². The molecule has 2 aromatic rings. The maximum absolute atomic E-state index is 12.7. The average molecular weight is 383 g/mol. The number of halogens is 3. The van der Waals surface area contributed by atoms with Crippen LogP contribution >= 0.6 is 0 Å². The van der Waals surface area contributed by atoms with Crippen molar-refractivity contribution in [3.8, 4) is 0 Å². The van der Waals surface area contributed by atoms with Crippen molar-refractivity contribution < 1.29 is 27.2 Å². The van der Waals surface area contributed by atoms with Gasteiger partial charge in [0.25, 0.3) is 5.91 Å². The average Bonchev–Trinajstić information content (AvgIpc) is 3.12.